The number of nitrogens with one attached hydrogen (secondary N) is 1. The summed E-state index contributed by atoms with van der Waals surface area (Å²) in [7, 11) is 1.57. The number of imide groups is 1. The molecular weight excluding hydrogens is 216 g/mol. The van der Waals surface area contributed by atoms with Crippen LogP contribution in [0, 0.1) is 5.41 Å². The summed E-state index contributed by atoms with van der Waals surface area (Å²) in [5.74, 6) is -0.138. The fourth-order valence-corrected chi connectivity index (χ4v) is 3.01. The van der Waals surface area contributed by atoms with Crippen molar-refractivity contribution in [3.8, 4) is 0 Å². The zero-order chi connectivity index (χ0) is 12.6. The zero-order valence-corrected chi connectivity index (χ0v) is 11.0. The van der Waals surface area contributed by atoms with Gasteiger partial charge >= 0.3 is 0 Å². The minimum atomic E-state index is -0.286. The summed E-state index contributed by atoms with van der Waals surface area (Å²) in [5.41, 5.74) is 0.355. The number of rotatable bonds is 2. The van der Waals surface area contributed by atoms with Crippen molar-refractivity contribution in [1.82, 2.24) is 10.2 Å². The van der Waals surface area contributed by atoms with E-state index in [0.29, 0.717) is 17.9 Å². The van der Waals surface area contributed by atoms with Crippen LogP contribution in [0.25, 0.3) is 0 Å². The summed E-state index contributed by atoms with van der Waals surface area (Å²) < 4.78 is 0. The van der Waals surface area contributed by atoms with Crippen LogP contribution in [0.15, 0.2) is 0 Å². The second-order valence-corrected chi connectivity index (χ2v) is 6.17. The van der Waals surface area contributed by atoms with Gasteiger partial charge in [-0.15, -0.1) is 0 Å². The molecule has 0 aromatic rings. The van der Waals surface area contributed by atoms with Gasteiger partial charge in [0, 0.05) is 13.1 Å². The van der Waals surface area contributed by atoms with Crippen LogP contribution in [0.1, 0.15) is 46.0 Å². The molecule has 1 heterocycles. The van der Waals surface area contributed by atoms with Crippen molar-refractivity contribution < 1.29 is 9.59 Å². The minimum Gasteiger partial charge on any atom is -0.303 e. The van der Waals surface area contributed by atoms with Crippen LogP contribution in [0.5, 0.6) is 0 Å². The van der Waals surface area contributed by atoms with Gasteiger partial charge in [0.15, 0.2) is 0 Å². The molecule has 4 nitrogen and oxygen atoms in total. The van der Waals surface area contributed by atoms with E-state index in [2.05, 4.69) is 19.2 Å². The highest BCUT2D eigenvalue weighted by Gasteiger charge is 2.38. The molecule has 0 spiro atoms. The molecule has 2 unspecified atom stereocenters. The summed E-state index contributed by atoms with van der Waals surface area (Å²) in [5, 5.41) is 3.37. The summed E-state index contributed by atoms with van der Waals surface area (Å²) in [6.07, 6.45) is 4.99. The van der Waals surface area contributed by atoms with Gasteiger partial charge in [-0.25, -0.2) is 0 Å². The molecule has 0 radical (unpaired) electrons. The Labute approximate surface area is 103 Å². The number of carbonyl (C=O) groups excluding carboxylic acids is 2. The minimum absolute atomic E-state index is 0.0671. The van der Waals surface area contributed by atoms with Gasteiger partial charge in [0.25, 0.3) is 0 Å². The van der Waals surface area contributed by atoms with Crippen LogP contribution >= 0.6 is 0 Å². The van der Waals surface area contributed by atoms with Crippen LogP contribution in [0.3, 0.4) is 0 Å². The number of nitrogens with zero attached hydrogens (tertiary/aromatic N) is 1. The standard InChI is InChI=1S/C13H22N2O2/c1-13(2)6-4-5-9(8-13)14-10-7-11(16)15(3)12(10)17/h9-10,14H,4-8H2,1-3H3. The average molecular weight is 238 g/mol. The number of likely N-dealkylation sites (N-methyl/N-ethyl adjacent to an activating group) is 1. The lowest BCUT2D eigenvalue weighted by molar-refractivity contribution is -0.137. The maximum absolute atomic E-state index is 11.8. The molecule has 1 saturated carbocycles. The molecule has 0 bridgehead atoms. The van der Waals surface area contributed by atoms with Crippen LogP contribution in [-0.2, 0) is 9.59 Å². The van der Waals surface area contributed by atoms with Crippen molar-refractivity contribution in [2.24, 2.45) is 5.41 Å². The van der Waals surface area contributed by atoms with E-state index in [-0.39, 0.29) is 17.9 Å². The van der Waals surface area contributed by atoms with Crippen LogP contribution in [0.4, 0.5) is 0 Å². The van der Waals surface area contributed by atoms with E-state index in [9.17, 15) is 9.59 Å². The van der Waals surface area contributed by atoms with Gasteiger partial charge in [0.05, 0.1) is 12.5 Å². The van der Waals surface area contributed by atoms with E-state index in [1.807, 2.05) is 0 Å². The Kier molecular flexibility index (Phi) is 3.25. The highest BCUT2D eigenvalue weighted by molar-refractivity contribution is 6.05. The third kappa shape index (κ3) is 2.68. The Morgan fingerprint density at radius 2 is 2.06 bits per heavy atom. The Bertz CT molecular complexity index is 338. The predicted molar refractivity (Wildman–Crippen MR) is 65.4 cm³/mol. The van der Waals surface area contributed by atoms with Gasteiger partial charge in [-0.05, 0) is 24.7 Å². The molecule has 0 aromatic heterocycles. The summed E-state index contributed by atoms with van der Waals surface area (Å²) in [4.78, 5) is 24.5. The fraction of sp³-hybridized carbons (Fsp3) is 0.846. The first-order chi connectivity index (χ1) is 7.89. The molecule has 2 aliphatic rings. The molecule has 17 heavy (non-hydrogen) atoms. The van der Waals surface area contributed by atoms with E-state index in [1.165, 1.54) is 17.7 Å². The van der Waals surface area contributed by atoms with Crippen molar-refractivity contribution in [3.63, 3.8) is 0 Å². The van der Waals surface area contributed by atoms with Crippen molar-refractivity contribution in [2.45, 2.75) is 58.0 Å². The van der Waals surface area contributed by atoms with Gasteiger partial charge in [0.1, 0.15) is 0 Å². The first-order valence-corrected chi connectivity index (χ1v) is 6.45. The molecular formula is C13H22N2O2. The highest BCUT2D eigenvalue weighted by Crippen LogP contribution is 2.35. The van der Waals surface area contributed by atoms with Gasteiger partial charge in [-0.1, -0.05) is 20.3 Å². The zero-order valence-electron chi connectivity index (χ0n) is 11.0. The Hall–Kier alpha value is -0.900. The lowest BCUT2D eigenvalue weighted by Gasteiger charge is -2.36. The third-order valence-electron chi connectivity index (χ3n) is 4.02. The van der Waals surface area contributed by atoms with E-state index in [0.717, 1.165) is 12.8 Å². The van der Waals surface area contributed by atoms with Crippen molar-refractivity contribution >= 4 is 11.8 Å². The number of hydrogen-bond donors (Lipinski definition) is 1. The summed E-state index contributed by atoms with van der Waals surface area (Å²) in [6, 6.07) is 0.0957. The number of likely N-dealkylation sites (tertiary alicyclic amines) is 1. The summed E-state index contributed by atoms with van der Waals surface area (Å²) >= 11 is 0. The molecule has 0 aromatic carbocycles. The van der Waals surface area contributed by atoms with E-state index in [1.54, 1.807) is 7.05 Å². The van der Waals surface area contributed by atoms with Crippen LogP contribution < -0.4 is 5.32 Å². The molecule has 1 N–H and O–H groups in total. The number of carbonyl (C=O) groups is 2. The molecule has 2 amide bonds. The second kappa shape index (κ2) is 4.41. The lowest BCUT2D eigenvalue weighted by atomic mass is 9.75. The average Bonchev–Trinajstić information content (AvgIpc) is 2.45. The van der Waals surface area contributed by atoms with E-state index >= 15 is 0 Å². The van der Waals surface area contributed by atoms with Crippen molar-refractivity contribution in [3.05, 3.63) is 0 Å². The Morgan fingerprint density at radius 3 is 2.59 bits per heavy atom. The molecule has 2 fully saturated rings. The quantitative estimate of drug-likeness (QED) is 0.738. The maximum atomic E-state index is 11.8. The molecule has 1 aliphatic carbocycles. The number of amides is 2. The highest BCUT2D eigenvalue weighted by atomic mass is 16.2. The van der Waals surface area contributed by atoms with Crippen LogP contribution in [0.2, 0.25) is 0 Å². The Morgan fingerprint density at radius 1 is 1.35 bits per heavy atom. The first-order valence-electron chi connectivity index (χ1n) is 6.45. The maximum Gasteiger partial charge on any atom is 0.246 e. The SMILES string of the molecule is CN1C(=O)CC(NC2CCCC(C)(C)C2)C1=O. The molecule has 1 saturated heterocycles. The van der Waals surface area contributed by atoms with Crippen LogP contribution in [-0.4, -0.2) is 35.8 Å². The lowest BCUT2D eigenvalue weighted by Crippen LogP contribution is -2.46. The monoisotopic (exact) mass is 238 g/mol. The van der Waals surface area contributed by atoms with E-state index in [4.69, 9.17) is 0 Å². The smallest absolute Gasteiger partial charge is 0.246 e. The Balaban J connectivity index is 1.93. The number of hydrogen-bond acceptors (Lipinski definition) is 3. The largest absolute Gasteiger partial charge is 0.303 e. The van der Waals surface area contributed by atoms with Gasteiger partial charge < -0.3 is 5.32 Å². The molecule has 1 aliphatic heterocycles. The first kappa shape index (κ1) is 12.6. The molecule has 2 atom stereocenters. The van der Waals surface area contributed by atoms with Crippen molar-refractivity contribution in [1.29, 1.82) is 0 Å². The molecule has 96 valence electrons. The molecule has 4 heteroatoms. The fourth-order valence-electron chi connectivity index (χ4n) is 3.01. The van der Waals surface area contributed by atoms with Gasteiger partial charge in [0.2, 0.25) is 11.8 Å². The predicted octanol–water partition coefficient (Wildman–Crippen LogP) is 1.30. The second-order valence-electron chi connectivity index (χ2n) is 6.17. The van der Waals surface area contributed by atoms with Gasteiger partial charge in [-0.3, -0.25) is 14.5 Å². The van der Waals surface area contributed by atoms with Gasteiger partial charge in [-0.2, -0.15) is 0 Å². The third-order valence-corrected chi connectivity index (χ3v) is 4.02. The van der Waals surface area contributed by atoms with Crippen molar-refractivity contribution in [2.75, 3.05) is 7.05 Å². The normalized spacial score (nSPS) is 33.2. The summed E-state index contributed by atoms with van der Waals surface area (Å²) in [6.45, 7) is 4.54. The topological polar surface area (TPSA) is 49.4 Å². The van der Waals surface area contributed by atoms with E-state index < -0.39 is 0 Å². The molecule has 2 rings (SSSR count).